The summed E-state index contributed by atoms with van der Waals surface area (Å²) < 4.78 is 1.53. The monoisotopic (exact) mass is 281 g/mol. The highest BCUT2D eigenvalue weighted by Gasteiger charge is 2.02. The van der Waals surface area contributed by atoms with Crippen molar-refractivity contribution in [2.45, 2.75) is 20.0 Å². The van der Waals surface area contributed by atoms with Crippen LogP contribution in [0.2, 0.25) is 0 Å². The number of hydrogen-bond donors (Lipinski definition) is 1. The van der Waals surface area contributed by atoms with Gasteiger partial charge in [-0.1, -0.05) is 6.07 Å². The smallest absolute Gasteiger partial charge is 0.258 e. The SMILES string of the molecule is Cc1nccc(CNCc2cc(=O)n3ccccc3n2)n1. The number of nitrogens with zero attached hydrogens (tertiary/aromatic N) is 4. The summed E-state index contributed by atoms with van der Waals surface area (Å²) in [5.41, 5.74) is 2.21. The van der Waals surface area contributed by atoms with Crippen LogP contribution in [0.4, 0.5) is 0 Å². The molecule has 0 unspecified atom stereocenters. The zero-order valence-corrected chi connectivity index (χ0v) is 11.7. The minimum Gasteiger partial charge on any atom is -0.305 e. The van der Waals surface area contributed by atoms with E-state index in [2.05, 4.69) is 20.3 Å². The lowest BCUT2D eigenvalue weighted by molar-refractivity contribution is 0.662. The van der Waals surface area contributed by atoms with Crippen LogP contribution in [0.15, 0.2) is 47.5 Å². The average Bonchev–Trinajstić information content (AvgIpc) is 2.47. The Kier molecular flexibility index (Phi) is 3.70. The van der Waals surface area contributed by atoms with Gasteiger partial charge in [0.15, 0.2) is 0 Å². The van der Waals surface area contributed by atoms with Crippen molar-refractivity contribution in [2.75, 3.05) is 0 Å². The van der Waals surface area contributed by atoms with E-state index in [0.717, 1.165) is 17.2 Å². The molecule has 3 rings (SSSR count). The number of nitrogens with one attached hydrogen (secondary N) is 1. The molecule has 21 heavy (non-hydrogen) atoms. The number of aromatic nitrogens is 4. The van der Waals surface area contributed by atoms with Gasteiger partial charge in [-0.15, -0.1) is 0 Å². The van der Waals surface area contributed by atoms with E-state index in [0.29, 0.717) is 18.7 Å². The van der Waals surface area contributed by atoms with Gasteiger partial charge in [-0.05, 0) is 25.1 Å². The van der Waals surface area contributed by atoms with E-state index in [4.69, 9.17) is 0 Å². The van der Waals surface area contributed by atoms with Gasteiger partial charge in [-0.2, -0.15) is 0 Å². The third-order valence-electron chi connectivity index (χ3n) is 3.07. The van der Waals surface area contributed by atoms with Crippen LogP contribution in [0.1, 0.15) is 17.2 Å². The van der Waals surface area contributed by atoms with Crippen molar-refractivity contribution in [3.63, 3.8) is 0 Å². The van der Waals surface area contributed by atoms with E-state index in [-0.39, 0.29) is 5.56 Å². The highest BCUT2D eigenvalue weighted by atomic mass is 16.1. The second-order valence-corrected chi connectivity index (χ2v) is 4.71. The Morgan fingerprint density at radius 2 is 2.00 bits per heavy atom. The normalized spacial score (nSPS) is 10.9. The summed E-state index contributed by atoms with van der Waals surface area (Å²) in [5.74, 6) is 0.747. The average molecular weight is 281 g/mol. The molecule has 3 aromatic rings. The van der Waals surface area contributed by atoms with Crippen LogP contribution in [-0.4, -0.2) is 19.4 Å². The zero-order chi connectivity index (χ0) is 14.7. The first kappa shape index (κ1) is 13.4. The molecule has 6 heteroatoms. The summed E-state index contributed by atoms with van der Waals surface area (Å²) in [5, 5.41) is 3.24. The second-order valence-electron chi connectivity index (χ2n) is 4.71. The summed E-state index contributed by atoms with van der Waals surface area (Å²) in [6, 6.07) is 8.90. The Hall–Kier alpha value is -2.60. The van der Waals surface area contributed by atoms with Gasteiger partial charge >= 0.3 is 0 Å². The Morgan fingerprint density at radius 1 is 1.14 bits per heavy atom. The van der Waals surface area contributed by atoms with E-state index in [1.807, 2.05) is 31.2 Å². The quantitative estimate of drug-likeness (QED) is 0.775. The predicted octanol–water partition coefficient (Wildman–Crippen LogP) is 1.08. The van der Waals surface area contributed by atoms with Gasteiger partial charge in [0.25, 0.3) is 5.56 Å². The van der Waals surface area contributed by atoms with Gasteiger partial charge in [0, 0.05) is 31.5 Å². The second kappa shape index (κ2) is 5.80. The van der Waals surface area contributed by atoms with Gasteiger partial charge in [-0.3, -0.25) is 9.20 Å². The van der Waals surface area contributed by atoms with E-state index in [9.17, 15) is 4.79 Å². The molecule has 3 aromatic heterocycles. The number of rotatable bonds is 4. The molecule has 0 saturated carbocycles. The van der Waals surface area contributed by atoms with E-state index in [1.54, 1.807) is 18.5 Å². The third-order valence-corrected chi connectivity index (χ3v) is 3.07. The van der Waals surface area contributed by atoms with Gasteiger partial charge in [-0.25, -0.2) is 15.0 Å². The molecule has 0 aliphatic heterocycles. The molecule has 0 spiro atoms. The Labute approximate surface area is 121 Å². The molecule has 3 heterocycles. The molecule has 0 aliphatic carbocycles. The van der Waals surface area contributed by atoms with Crippen LogP contribution < -0.4 is 10.9 Å². The Bertz CT molecular complexity index is 827. The summed E-state index contributed by atoms with van der Waals surface area (Å²) >= 11 is 0. The molecule has 1 N–H and O–H groups in total. The molecule has 0 fully saturated rings. The first-order valence-corrected chi connectivity index (χ1v) is 6.69. The summed E-state index contributed by atoms with van der Waals surface area (Å²) in [7, 11) is 0. The lowest BCUT2D eigenvalue weighted by atomic mass is 10.3. The Balaban J connectivity index is 1.72. The minimum atomic E-state index is -0.0738. The van der Waals surface area contributed by atoms with Crippen LogP contribution in [0.3, 0.4) is 0 Å². The van der Waals surface area contributed by atoms with Crippen molar-refractivity contribution in [1.82, 2.24) is 24.7 Å². The lowest BCUT2D eigenvalue weighted by Gasteiger charge is -2.06. The van der Waals surface area contributed by atoms with Crippen molar-refractivity contribution in [3.05, 3.63) is 70.3 Å². The highest BCUT2D eigenvalue weighted by Crippen LogP contribution is 1.99. The molecule has 0 bridgehead atoms. The van der Waals surface area contributed by atoms with Crippen molar-refractivity contribution in [2.24, 2.45) is 0 Å². The minimum absolute atomic E-state index is 0.0738. The van der Waals surface area contributed by atoms with Crippen molar-refractivity contribution >= 4 is 5.65 Å². The summed E-state index contributed by atoms with van der Waals surface area (Å²) in [4.78, 5) is 24.8. The lowest BCUT2D eigenvalue weighted by Crippen LogP contribution is -2.20. The largest absolute Gasteiger partial charge is 0.305 e. The molecule has 6 nitrogen and oxygen atoms in total. The van der Waals surface area contributed by atoms with Crippen LogP contribution in [0.5, 0.6) is 0 Å². The van der Waals surface area contributed by atoms with E-state index >= 15 is 0 Å². The Morgan fingerprint density at radius 3 is 2.86 bits per heavy atom. The van der Waals surface area contributed by atoms with Gasteiger partial charge < -0.3 is 5.32 Å². The van der Waals surface area contributed by atoms with Gasteiger partial charge in [0.1, 0.15) is 11.5 Å². The molecule has 106 valence electrons. The molecule has 0 saturated heterocycles. The van der Waals surface area contributed by atoms with Crippen molar-refractivity contribution < 1.29 is 0 Å². The molecule has 0 radical (unpaired) electrons. The molecule has 0 aromatic carbocycles. The molecule has 0 amide bonds. The fourth-order valence-electron chi connectivity index (χ4n) is 2.12. The van der Waals surface area contributed by atoms with Crippen molar-refractivity contribution in [1.29, 1.82) is 0 Å². The van der Waals surface area contributed by atoms with Gasteiger partial charge in [0.2, 0.25) is 0 Å². The molecule has 0 atom stereocenters. The number of fused-ring (bicyclic) bond motifs is 1. The third kappa shape index (κ3) is 3.11. The van der Waals surface area contributed by atoms with Crippen LogP contribution in [-0.2, 0) is 13.1 Å². The van der Waals surface area contributed by atoms with Crippen LogP contribution in [0, 0.1) is 6.92 Å². The fraction of sp³-hybridized carbons (Fsp3) is 0.200. The van der Waals surface area contributed by atoms with Crippen molar-refractivity contribution in [3.8, 4) is 0 Å². The van der Waals surface area contributed by atoms with E-state index in [1.165, 1.54) is 4.40 Å². The zero-order valence-electron chi connectivity index (χ0n) is 11.7. The number of pyridine rings is 1. The first-order chi connectivity index (χ1) is 10.2. The van der Waals surface area contributed by atoms with Gasteiger partial charge in [0.05, 0.1) is 11.4 Å². The topological polar surface area (TPSA) is 72.2 Å². The predicted molar refractivity (Wildman–Crippen MR) is 78.8 cm³/mol. The maximum absolute atomic E-state index is 12.0. The highest BCUT2D eigenvalue weighted by molar-refractivity contribution is 5.37. The number of hydrogen-bond acceptors (Lipinski definition) is 5. The fourth-order valence-corrected chi connectivity index (χ4v) is 2.12. The van der Waals surface area contributed by atoms with Crippen LogP contribution in [0.25, 0.3) is 5.65 Å². The molecule has 0 aliphatic rings. The maximum Gasteiger partial charge on any atom is 0.258 e. The maximum atomic E-state index is 12.0. The van der Waals surface area contributed by atoms with Crippen LogP contribution >= 0.6 is 0 Å². The standard InChI is InChI=1S/C15H15N5O/c1-11-17-6-5-12(18-11)9-16-10-13-8-15(21)20-7-3-2-4-14(20)19-13/h2-8,16H,9-10H2,1H3. The molecular weight excluding hydrogens is 266 g/mol. The number of aryl methyl sites for hydroxylation is 1. The summed E-state index contributed by atoms with van der Waals surface area (Å²) in [6.45, 7) is 2.98. The van der Waals surface area contributed by atoms with E-state index < -0.39 is 0 Å². The summed E-state index contributed by atoms with van der Waals surface area (Å²) in [6.07, 6.45) is 3.45. The first-order valence-electron chi connectivity index (χ1n) is 6.69. The molecular formula is C15H15N5O.